The van der Waals surface area contributed by atoms with Gasteiger partial charge in [-0.25, -0.2) is 0 Å². The van der Waals surface area contributed by atoms with Crippen LogP contribution < -0.4 is 5.32 Å². The standard InChI is InChI=1S/C19H31NO2/c1-14(7-12-17-6-5-13-22-17)20-18(21)15-8-10-16(11-9-15)19(2,3)4/h5-6,13-16H,7-12H2,1-4H3,(H,20,21). The van der Waals surface area contributed by atoms with Gasteiger partial charge in [0.15, 0.2) is 0 Å². The van der Waals surface area contributed by atoms with Crippen molar-refractivity contribution in [2.45, 2.75) is 72.3 Å². The van der Waals surface area contributed by atoms with E-state index in [-0.39, 0.29) is 17.9 Å². The SMILES string of the molecule is CC(CCc1ccco1)NC(=O)C1CCC(C(C)(C)C)CC1. The summed E-state index contributed by atoms with van der Waals surface area (Å²) in [6, 6.07) is 4.10. The summed E-state index contributed by atoms with van der Waals surface area (Å²) < 4.78 is 5.34. The average molecular weight is 305 g/mol. The van der Waals surface area contributed by atoms with Gasteiger partial charge in [0, 0.05) is 18.4 Å². The quantitative estimate of drug-likeness (QED) is 0.866. The molecule has 0 aromatic carbocycles. The van der Waals surface area contributed by atoms with E-state index in [1.165, 1.54) is 12.8 Å². The molecule has 1 atom stereocenters. The highest BCUT2D eigenvalue weighted by Crippen LogP contribution is 2.39. The summed E-state index contributed by atoms with van der Waals surface area (Å²) in [6.45, 7) is 9.03. The van der Waals surface area contributed by atoms with Crippen LogP contribution in [0.4, 0.5) is 0 Å². The highest BCUT2D eigenvalue weighted by Gasteiger charge is 2.32. The summed E-state index contributed by atoms with van der Waals surface area (Å²) in [5.41, 5.74) is 0.373. The van der Waals surface area contributed by atoms with Crippen LogP contribution in [0.3, 0.4) is 0 Å². The van der Waals surface area contributed by atoms with Crippen molar-refractivity contribution in [2.75, 3.05) is 0 Å². The lowest BCUT2D eigenvalue weighted by Gasteiger charge is -2.36. The minimum Gasteiger partial charge on any atom is -0.469 e. The van der Waals surface area contributed by atoms with E-state index in [0.29, 0.717) is 5.41 Å². The Morgan fingerprint density at radius 2 is 2.00 bits per heavy atom. The molecule has 1 unspecified atom stereocenters. The molecule has 1 saturated carbocycles. The lowest BCUT2D eigenvalue weighted by Crippen LogP contribution is -2.39. The van der Waals surface area contributed by atoms with Crippen LogP contribution in [0.15, 0.2) is 22.8 Å². The predicted molar refractivity (Wildman–Crippen MR) is 89.5 cm³/mol. The molecule has 1 fully saturated rings. The fourth-order valence-corrected chi connectivity index (χ4v) is 3.47. The summed E-state index contributed by atoms with van der Waals surface area (Å²) in [7, 11) is 0. The van der Waals surface area contributed by atoms with Gasteiger partial charge in [-0.05, 0) is 62.5 Å². The molecule has 1 aromatic heterocycles. The van der Waals surface area contributed by atoms with Crippen molar-refractivity contribution in [3.05, 3.63) is 24.2 Å². The largest absolute Gasteiger partial charge is 0.469 e. The number of aryl methyl sites for hydroxylation is 1. The highest BCUT2D eigenvalue weighted by molar-refractivity contribution is 5.78. The molecule has 1 aliphatic rings. The number of carbonyl (C=O) groups is 1. The topological polar surface area (TPSA) is 42.2 Å². The smallest absolute Gasteiger partial charge is 0.223 e. The Labute approximate surface area is 134 Å². The first-order valence-electron chi connectivity index (χ1n) is 8.69. The monoisotopic (exact) mass is 305 g/mol. The molecule has 1 N–H and O–H groups in total. The van der Waals surface area contributed by atoms with Crippen molar-refractivity contribution in [1.82, 2.24) is 5.32 Å². The summed E-state index contributed by atoms with van der Waals surface area (Å²) in [6.07, 6.45) is 7.95. The fourth-order valence-electron chi connectivity index (χ4n) is 3.47. The van der Waals surface area contributed by atoms with E-state index in [1.54, 1.807) is 6.26 Å². The molecule has 1 amide bonds. The number of hydrogen-bond acceptors (Lipinski definition) is 2. The first-order valence-corrected chi connectivity index (χ1v) is 8.69. The van der Waals surface area contributed by atoms with E-state index in [4.69, 9.17) is 4.42 Å². The molecule has 2 rings (SSSR count). The molecule has 22 heavy (non-hydrogen) atoms. The number of nitrogens with one attached hydrogen (secondary N) is 1. The van der Waals surface area contributed by atoms with Crippen molar-refractivity contribution in [3.8, 4) is 0 Å². The van der Waals surface area contributed by atoms with Gasteiger partial charge in [-0.1, -0.05) is 20.8 Å². The molecule has 0 saturated heterocycles. The molecule has 3 nitrogen and oxygen atoms in total. The summed E-state index contributed by atoms with van der Waals surface area (Å²) in [4.78, 5) is 12.4. The molecule has 124 valence electrons. The maximum atomic E-state index is 12.4. The molecule has 1 aromatic rings. The lowest BCUT2D eigenvalue weighted by atomic mass is 9.69. The van der Waals surface area contributed by atoms with Crippen molar-refractivity contribution in [1.29, 1.82) is 0 Å². The molecular weight excluding hydrogens is 274 g/mol. The maximum Gasteiger partial charge on any atom is 0.223 e. The van der Waals surface area contributed by atoms with Gasteiger partial charge >= 0.3 is 0 Å². The number of rotatable bonds is 5. The normalized spacial score (nSPS) is 24.0. The van der Waals surface area contributed by atoms with Crippen molar-refractivity contribution < 1.29 is 9.21 Å². The van der Waals surface area contributed by atoms with Gasteiger partial charge in [-0.2, -0.15) is 0 Å². The summed E-state index contributed by atoms with van der Waals surface area (Å²) in [5.74, 6) is 2.21. The highest BCUT2D eigenvalue weighted by atomic mass is 16.3. The molecule has 0 spiro atoms. The van der Waals surface area contributed by atoms with E-state index in [0.717, 1.165) is 37.4 Å². The van der Waals surface area contributed by atoms with Gasteiger partial charge in [0.25, 0.3) is 0 Å². The van der Waals surface area contributed by atoms with Gasteiger partial charge in [-0.3, -0.25) is 4.79 Å². The second-order valence-electron chi connectivity index (χ2n) is 7.94. The first-order chi connectivity index (χ1) is 10.4. The zero-order chi connectivity index (χ0) is 16.2. The van der Waals surface area contributed by atoms with Crippen LogP contribution in [-0.2, 0) is 11.2 Å². The van der Waals surface area contributed by atoms with Crippen molar-refractivity contribution in [3.63, 3.8) is 0 Å². The van der Waals surface area contributed by atoms with Gasteiger partial charge in [0.05, 0.1) is 6.26 Å². The average Bonchev–Trinajstić information content (AvgIpc) is 2.97. The molecule has 0 aliphatic heterocycles. The van der Waals surface area contributed by atoms with Gasteiger partial charge in [-0.15, -0.1) is 0 Å². The third kappa shape index (κ3) is 4.89. The van der Waals surface area contributed by atoms with Crippen LogP contribution in [0, 0.1) is 17.3 Å². The van der Waals surface area contributed by atoms with Gasteiger partial charge < -0.3 is 9.73 Å². The molecule has 3 heteroatoms. The summed E-state index contributed by atoms with van der Waals surface area (Å²) in [5, 5.41) is 3.19. The van der Waals surface area contributed by atoms with Crippen LogP contribution in [0.1, 0.15) is 65.6 Å². The van der Waals surface area contributed by atoms with E-state index in [2.05, 4.69) is 33.0 Å². The van der Waals surface area contributed by atoms with E-state index < -0.39 is 0 Å². The predicted octanol–water partition coefficient (Wildman–Crippen LogP) is 4.57. The van der Waals surface area contributed by atoms with E-state index >= 15 is 0 Å². The molecule has 0 bridgehead atoms. The van der Waals surface area contributed by atoms with E-state index in [9.17, 15) is 4.79 Å². The third-order valence-electron chi connectivity index (χ3n) is 5.12. The Morgan fingerprint density at radius 1 is 1.32 bits per heavy atom. The summed E-state index contributed by atoms with van der Waals surface area (Å²) >= 11 is 0. The van der Waals surface area contributed by atoms with Crippen LogP contribution in [0.5, 0.6) is 0 Å². The van der Waals surface area contributed by atoms with Crippen LogP contribution in [0.25, 0.3) is 0 Å². The Bertz CT molecular complexity index is 450. The van der Waals surface area contributed by atoms with Crippen LogP contribution in [-0.4, -0.2) is 11.9 Å². The first kappa shape index (κ1) is 17.1. The van der Waals surface area contributed by atoms with Gasteiger partial charge in [0.1, 0.15) is 5.76 Å². The lowest BCUT2D eigenvalue weighted by molar-refractivity contribution is -0.127. The second kappa shape index (κ2) is 7.34. The third-order valence-corrected chi connectivity index (χ3v) is 5.12. The maximum absolute atomic E-state index is 12.4. The van der Waals surface area contributed by atoms with Crippen molar-refractivity contribution >= 4 is 5.91 Å². The molecular formula is C19H31NO2. The number of furan rings is 1. The molecule has 0 radical (unpaired) electrons. The molecule has 1 aliphatic carbocycles. The zero-order valence-corrected chi connectivity index (χ0v) is 14.5. The van der Waals surface area contributed by atoms with Gasteiger partial charge in [0.2, 0.25) is 5.91 Å². The zero-order valence-electron chi connectivity index (χ0n) is 14.5. The molecule has 1 heterocycles. The number of amides is 1. The van der Waals surface area contributed by atoms with Crippen LogP contribution >= 0.6 is 0 Å². The number of carbonyl (C=O) groups excluding carboxylic acids is 1. The fraction of sp³-hybridized carbons (Fsp3) is 0.737. The minimum absolute atomic E-state index is 0.206. The Morgan fingerprint density at radius 3 is 2.55 bits per heavy atom. The second-order valence-corrected chi connectivity index (χ2v) is 7.94. The minimum atomic E-state index is 0.206. The Hall–Kier alpha value is -1.25. The van der Waals surface area contributed by atoms with E-state index in [1.807, 2.05) is 12.1 Å². The Balaban J connectivity index is 1.71. The van der Waals surface area contributed by atoms with Crippen LogP contribution in [0.2, 0.25) is 0 Å². The number of hydrogen-bond donors (Lipinski definition) is 1. The van der Waals surface area contributed by atoms with Crippen molar-refractivity contribution in [2.24, 2.45) is 17.3 Å². The Kier molecular flexibility index (Phi) is 5.71.